The molecule has 3 nitrogen and oxygen atoms in total. The fourth-order valence-corrected chi connectivity index (χ4v) is 3.70. The quantitative estimate of drug-likeness (QED) is 0.878. The number of hydrogen-bond acceptors (Lipinski definition) is 3. The predicted octanol–water partition coefficient (Wildman–Crippen LogP) is 2.73. The molecule has 0 spiro atoms. The topological polar surface area (TPSA) is 46.2 Å². The second-order valence-electron chi connectivity index (χ2n) is 3.22. The summed E-state index contributed by atoms with van der Waals surface area (Å²) in [7, 11) is -3.09. The maximum Gasteiger partial charge on any atom is 0.211 e. The van der Waals surface area contributed by atoms with Crippen LogP contribution in [0.25, 0.3) is 0 Å². The summed E-state index contributed by atoms with van der Waals surface area (Å²) in [5, 5.41) is 1.94. The highest BCUT2D eigenvalue weighted by Gasteiger charge is 2.09. The Morgan fingerprint density at radius 1 is 1.53 bits per heavy atom. The SMILES string of the molecule is CCCCS(=O)(=O)NCc1cc(Br)cs1. The van der Waals surface area contributed by atoms with E-state index in [9.17, 15) is 8.42 Å². The second-order valence-corrected chi connectivity index (χ2v) is 7.06. The van der Waals surface area contributed by atoms with Gasteiger partial charge in [0.05, 0.1) is 5.75 Å². The number of unbranched alkanes of at least 4 members (excludes halogenated alkanes) is 1. The van der Waals surface area contributed by atoms with E-state index < -0.39 is 10.0 Å². The normalized spacial score (nSPS) is 11.9. The molecular formula is C9H14BrNO2S2. The third-order valence-electron chi connectivity index (χ3n) is 1.85. The van der Waals surface area contributed by atoms with Crippen molar-refractivity contribution >= 4 is 37.3 Å². The summed E-state index contributed by atoms with van der Waals surface area (Å²) in [6, 6.07) is 1.92. The molecule has 0 aliphatic heterocycles. The molecule has 1 aromatic rings. The first kappa shape index (κ1) is 13.2. The lowest BCUT2D eigenvalue weighted by molar-refractivity contribution is 0.578. The van der Waals surface area contributed by atoms with Crippen molar-refractivity contribution in [1.82, 2.24) is 4.72 Å². The highest BCUT2D eigenvalue weighted by Crippen LogP contribution is 2.19. The van der Waals surface area contributed by atoms with Crippen LogP contribution in [-0.2, 0) is 16.6 Å². The van der Waals surface area contributed by atoms with Crippen molar-refractivity contribution in [2.24, 2.45) is 0 Å². The van der Waals surface area contributed by atoms with Crippen molar-refractivity contribution in [2.75, 3.05) is 5.75 Å². The zero-order chi connectivity index (χ0) is 11.3. The number of hydrogen-bond donors (Lipinski definition) is 1. The third kappa shape index (κ3) is 5.10. The second kappa shape index (κ2) is 5.98. The van der Waals surface area contributed by atoms with E-state index >= 15 is 0 Å². The Hall–Kier alpha value is 0.0900. The Morgan fingerprint density at radius 2 is 2.27 bits per heavy atom. The van der Waals surface area contributed by atoms with Gasteiger partial charge in [-0.2, -0.15) is 0 Å². The van der Waals surface area contributed by atoms with Gasteiger partial charge in [-0.1, -0.05) is 13.3 Å². The predicted molar refractivity (Wildman–Crippen MR) is 67.6 cm³/mol. The number of rotatable bonds is 6. The van der Waals surface area contributed by atoms with Crippen molar-refractivity contribution in [3.8, 4) is 0 Å². The summed E-state index contributed by atoms with van der Waals surface area (Å²) in [5.41, 5.74) is 0. The summed E-state index contributed by atoms with van der Waals surface area (Å²) in [6.45, 7) is 2.37. The van der Waals surface area contributed by atoms with Gasteiger partial charge in [-0.25, -0.2) is 13.1 Å². The average Bonchev–Trinajstić information content (AvgIpc) is 2.59. The Morgan fingerprint density at radius 3 is 2.80 bits per heavy atom. The first-order valence-electron chi connectivity index (χ1n) is 4.74. The Balaban J connectivity index is 2.42. The van der Waals surface area contributed by atoms with E-state index in [0.29, 0.717) is 13.0 Å². The van der Waals surface area contributed by atoms with Crippen LogP contribution in [0.2, 0.25) is 0 Å². The van der Waals surface area contributed by atoms with Crippen LogP contribution in [0, 0.1) is 0 Å². The maximum atomic E-state index is 11.5. The van der Waals surface area contributed by atoms with Crippen molar-refractivity contribution in [3.63, 3.8) is 0 Å². The van der Waals surface area contributed by atoms with Crippen molar-refractivity contribution in [3.05, 3.63) is 20.8 Å². The van der Waals surface area contributed by atoms with E-state index in [1.807, 2.05) is 18.4 Å². The largest absolute Gasteiger partial charge is 0.212 e. The molecule has 0 saturated heterocycles. The Bertz CT molecular complexity index is 400. The van der Waals surface area contributed by atoms with Gasteiger partial charge in [0.25, 0.3) is 0 Å². The van der Waals surface area contributed by atoms with Crippen LogP contribution in [0.1, 0.15) is 24.6 Å². The van der Waals surface area contributed by atoms with Gasteiger partial charge in [0.15, 0.2) is 0 Å². The molecule has 6 heteroatoms. The molecule has 1 N–H and O–H groups in total. The highest BCUT2D eigenvalue weighted by atomic mass is 79.9. The number of halogens is 1. The van der Waals surface area contributed by atoms with Crippen LogP contribution in [-0.4, -0.2) is 14.2 Å². The fraction of sp³-hybridized carbons (Fsp3) is 0.556. The molecule has 86 valence electrons. The van der Waals surface area contributed by atoms with E-state index in [1.54, 1.807) is 11.3 Å². The minimum absolute atomic E-state index is 0.218. The van der Waals surface area contributed by atoms with Crippen molar-refractivity contribution in [2.45, 2.75) is 26.3 Å². The van der Waals surface area contributed by atoms with Gasteiger partial charge in [0.2, 0.25) is 10.0 Å². The maximum absolute atomic E-state index is 11.5. The molecule has 1 rings (SSSR count). The van der Waals surface area contributed by atoms with E-state index in [0.717, 1.165) is 15.8 Å². The van der Waals surface area contributed by atoms with Crippen molar-refractivity contribution in [1.29, 1.82) is 0 Å². The number of sulfonamides is 1. The summed E-state index contributed by atoms with van der Waals surface area (Å²) in [6.07, 6.45) is 1.61. The Labute approximate surface area is 103 Å². The van der Waals surface area contributed by atoms with Gasteiger partial charge >= 0.3 is 0 Å². The van der Waals surface area contributed by atoms with Crippen LogP contribution in [0.3, 0.4) is 0 Å². The highest BCUT2D eigenvalue weighted by molar-refractivity contribution is 9.10. The van der Waals surface area contributed by atoms with E-state index in [-0.39, 0.29) is 5.75 Å². The minimum Gasteiger partial charge on any atom is -0.212 e. The van der Waals surface area contributed by atoms with Crippen LogP contribution < -0.4 is 4.72 Å². The summed E-state index contributed by atoms with van der Waals surface area (Å²) in [4.78, 5) is 1.02. The van der Waals surface area contributed by atoms with Gasteiger partial charge < -0.3 is 0 Å². The number of thiophene rings is 1. The molecule has 1 aromatic heterocycles. The lowest BCUT2D eigenvalue weighted by Crippen LogP contribution is -2.25. The summed E-state index contributed by atoms with van der Waals surface area (Å²) < 4.78 is 26.5. The van der Waals surface area contributed by atoms with E-state index in [2.05, 4.69) is 20.7 Å². The molecule has 0 fully saturated rings. The molecule has 0 bridgehead atoms. The smallest absolute Gasteiger partial charge is 0.211 e. The molecule has 0 unspecified atom stereocenters. The zero-order valence-electron chi connectivity index (χ0n) is 8.49. The molecule has 1 heterocycles. The molecule has 0 radical (unpaired) electrons. The van der Waals surface area contributed by atoms with Gasteiger partial charge in [-0.05, 0) is 28.4 Å². The molecular weight excluding hydrogens is 298 g/mol. The van der Waals surface area contributed by atoms with E-state index in [4.69, 9.17) is 0 Å². The van der Waals surface area contributed by atoms with Crippen LogP contribution >= 0.6 is 27.3 Å². The lowest BCUT2D eigenvalue weighted by atomic mass is 10.4. The van der Waals surface area contributed by atoms with Crippen LogP contribution in [0.15, 0.2) is 15.9 Å². The standard InChI is InChI=1S/C9H14BrNO2S2/c1-2-3-4-15(12,13)11-6-9-5-8(10)7-14-9/h5,7,11H,2-4,6H2,1H3. The lowest BCUT2D eigenvalue weighted by Gasteiger charge is -2.03. The molecule has 0 aliphatic carbocycles. The monoisotopic (exact) mass is 311 g/mol. The molecule has 0 amide bonds. The fourth-order valence-electron chi connectivity index (χ4n) is 1.03. The molecule has 0 aliphatic rings. The summed E-state index contributed by atoms with van der Waals surface area (Å²) in [5.74, 6) is 0.218. The van der Waals surface area contributed by atoms with Crippen LogP contribution in [0.5, 0.6) is 0 Å². The molecule has 15 heavy (non-hydrogen) atoms. The molecule has 0 saturated carbocycles. The Kier molecular flexibility index (Phi) is 5.25. The average molecular weight is 312 g/mol. The van der Waals surface area contributed by atoms with Gasteiger partial charge in [0.1, 0.15) is 0 Å². The first-order valence-corrected chi connectivity index (χ1v) is 8.06. The summed E-state index contributed by atoms with van der Waals surface area (Å²) >= 11 is 4.87. The van der Waals surface area contributed by atoms with Crippen molar-refractivity contribution < 1.29 is 8.42 Å². The first-order chi connectivity index (χ1) is 7.03. The van der Waals surface area contributed by atoms with Gasteiger partial charge in [-0.15, -0.1) is 11.3 Å². The molecule has 0 atom stereocenters. The minimum atomic E-state index is -3.09. The zero-order valence-corrected chi connectivity index (χ0v) is 11.7. The van der Waals surface area contributed by atoms with Gasteiger partial charge in [0, 0.05) is 21.3 Å². The van der Waals surface area contributed by atoms with E-state index in [1.165, 1.54) is 0 Å². The third-order valence-corrected chi connectivity index (χ3v) is 4.96. The molecule has 0 aromatic carbocycles. The number of nitrogens with one attached hydrogen (secondary N) is 1. The van der Waals surface area contributed by atoms with Gasteiger partial charge in [-0.3, -0.25) is 0 Å². The van der Waals surface area contributed by atoms with Crippen LogP contribution in [0.4, 0.5) is 0 Å².